The van der Waals surface area contributed by atoms with E-state index in [0.29, 0.717) is 10.6 Å². The Hall–Kier alpha value is -3.19. The second-order valence-corrected chi connectivity index (χ2v) is 5.96. The summed E-state index contributed by atoms with van der Waals surface area (Å²) in [4.78, 5) is 14.9. The van der Waals surface area contributed by atoms with Crippen LogP contribution in [0.1, 0.15) is 16.1 Å². The van der Waals surface area contributed by atoms with Crippen LogP contribution in [0.3, 0.4) is 0 Å². The van der Waals surface area contributed by atoms with Crippen molar-refractivity contribution in [3.8, 4) is 17.0 Å². The van der Waals surface area contributed by atoms with Gasteiger partial charge in [0.25, 0.3) is 0 Å². The molecule has 5 nitrogen and oxygen atoms in total. The SMILES string of the molecule is Nc1ccc(-c2c(F)ccc(OCc3ccccc3Cl)c2F)nc1C(=O)O. The third-order valence-corrected chi connectivity index (χ3v) is 4.15. The molecule has 0 saturated heterocycles. The molecule has 3 rings (SSSR count). The molecule has 1 heterocycles. The van der Waals surface area contributed by atoms with Crippen LogP contribution in [-0.4, -0.2) is 16.1 Å². The number of pyridine rings is 1. The summed E-state index contributed by atoms with van der Waals surface area (Å²) in [6, 6.07) is 11.5. The summed E-state index contributed by atoms with van der Waals surface area (Å²) in [5, 5.41) is 9.55. The number of aromatic carboxylic acids is 1. The van der Waals surface area contributed by atoms with Gasteiger partial charge in [-0.1, -0.05) is 29.8 Å². The normalized spacial score (nSPS) is 10.6. The molecule has 27 heavy (non-hydrogen) atoms. The number of anilines is 1. The Morgan fingerprint density at radius 1 is 1.15 bits per heavy atom. The van der Waals surface area contributed by atoms with E-state index in [1.165, 1.54) is 12.1 Å². The third-order valence-electron chi connectivity index (χ3n) is 3.78. The lowest BCUT2D eigenvalue weighted by molar-refractivity contribution is 0.0692. The molecule has 0 aliphatic heterocycles. The van der Waals surface area contributed by atoms with E-state index >= 15 is 0 Å². The van der Waals surface area contributed by atoms with Gasteiger partial charge in [-0.05, 0) is 30.3 Å². The van der Waals surface area contributed by atoms with Gasteiger partial charge in [-0.25, -0.2) is 18.6 Å². The van der Waals surface area contributed by atoms with E-state index in [4.69, 9.17) is 27.2 Å². The van der Waals surface area contributed by atoms with Gasteiger partial charge in [0, 0.05) is 10.6 Å². The van der Waals surface area contributed by atoms with Crippen LogP contribution in [0.25, 0.3) is 11.3 Å². The maximum absolute atomic E-state index is 14.8. The van der Waals surface area contributed by atoms with Gasteiger partial charge >= 0.3 is 5.97 Å². The van der Waals surface area contributed by atoms with Crippen molar-refractivity contribution in [2.45, 2.75) is 6.61 Å². The quantitative estimate of drug-likeness (QED) is 0.668. The standard InChI is InChI=1S/C19H13ClF2N2O3/c20-11-4-2-1-3-10(11)9-27-15-8-5-12(21)16(17(15)22)14-7-6-13(23)18(24-14)19(25)26/h1-8H,9,23H2,(H,25,26). The van der Waals surface area contributed by atoms with Crippen molar-refractivity contribution in [1.82, 2.24) is 4.98 Å². The maximum Gasteiger partial charge on any atom is 0.356 e. The average molecular weight is 391 g/mol. The maximum atomic E-state index is 14.8. The Morgan fingerprint density at radius 3 is 2.59 bits per heavy atom. The van der Waals surface area contributed by atoms with Crippen LogP contribution in [0.5, 0.6) is 5.75 Å². The van der Waals surface area contributed by atoms with Crippen molar-refractivity contribution in [2.75, 3.05) is 5.73 Å². The summed E-state index contributed by atoms with van der Waals surface area (Å²) < 4.78 is 34.5. The predicted molar refractivity (Wildman–Crippen MR) is 96.7 cm³/mol. The second-order valence-electron chi connectivity index (χ2n) is 5.55. The Labute approximate surface area is 158 Å². The highest BCUT2D eigenvalue weighted by atomic mass is 35.5. The molecule has 0 spiro atoms. The van der Waals surface area contributed by atoms with Crippen molar-refractivity contribution >= 4 is 23.3 Å². The molecule has 2 aromatic carbocycles. The number of halogens is 3. The number of nitrogen functional groups attached to an aromatic ring is 1. The molecular weight excluding hydrogens is 378 g/mol. The Morgan fingerprint density at radius 2 is 1.89 bits per heavy atom. The van der Waals surface area contributed by atoms with E-state index in [0.717, 1.165) is 12.1 Å². The molecule has 0 fully saturated rings. The Kier molecular flexibility index (Phi) is 5.23. The predicted octanol–water partition coefficient (Wildman–Crippen LogP) is 4.54. The van der Waals surface area contributed by atoms with Crippen molar-refractivity contribution in [3.05, 3.63) is 76.4 Å². The number of nitrogens with zero attached hydrogens (tertiary/aromatic N) is 1. The van der Waals surface area contributed by atoms with Gasteiger partial charge in [0.15, 0.2) is 17.3 Å². The first kappa shape index (κ1) is 18.6. The van der Waals surface area contributed by atoms with Gasteiger partial charge in [0.05, 0.1) is 16.9 Å². The number of ether oxygens (including phenoxy) is 1. The minimum atomic E-state index is -1.40. The number of hydrogen-bond acceptors (Lipinski definition) is 4. The summed E-state index contributed by atoms with van der Waals surface area (Å²) in [5.74, 6) is -3.54. The monoisotopic (exact) mass is 390 g/mol. The summed E-state index contributed by atoms with van der Waals surface area (Å²) >= 11 is 6.03. The van der Waals surface area contributed by atoms with E-state index in [-0.39, 0.29) is 23.7 Å². The van der Waals surface area contributed by atoms with Gasteiger partial charge in [0.1, 0.15) is 12.4 Å². The van der Waals surface area contributed by atoms with Gasteiger partial charge < -0.3 is 15.6 Å². The Bertz CT molecular complexity index is 1030. The first-order chi connectivity index (χ1) is 12.9. The van der Waals surface area contributed by atoms with Crippen LogP contribution in [0, 0.1) is 11.6 Å². The molecule has 0 atom stereocenters. The van der Waals surface area contributed by atoms with Crippen LogP contribution >= 0.6 is 11.6 Å². The molecule has 138 valence electrons. The molecule has 8 heteroatoms. The fourth-order valence-electron chi connectivity index (χ4n) is 2.43. The number of carboxylic acids is 1. The third kappa shape index (κ3) is 3.83. The van der Waals surface area contributed by atoms with Crippen LogP contribution in [0.15, 0.2) is 48.5 Å². The van der Waals surface area contributed by atoms with Gasteiger partial charge in [-0.2, -0.15) is 0 Å². The summed E-state index contributed by atoms with van der Waals surface area (Å²) in [6.45, 7) is -0.0305. The van der Waals surface area contributed by atoms with Crippen LogP contribution in [0.2, 0.25) is 5.02 Å². The molecule has 3 N–H and O–H groups in total. The number of rotatable bonds is 5. The lowest BCUT2D eigenvalue weighted by Crippen LogP contribution is -2.07. The zero-order chi connectivity index (χ0) is 19.6. The molecule has 0 amide bonds. The summed E-state index contributed by atoms with van der Waals surface area (Å²) in [6.07, 6.45) is 0. The minimum Gasteiger partial charge on any atom is -0.486 e. The minimum absolute atomic E-state index is 0.0305. The van der Waals surface area contributed by atoms with Crippen molar-refractivity contribution in [2.24, 2.45) is 0 Å². The van der Waals surface area contributed by atoms with E-state index < -0.39 is 28.9 Å². The van der Waals surface area contributed by atoms with Gasteiger partial charge in [-0.15, -0.1) is 0 Å². The highest BCUT2D eigenvalue weighted by molar-refractivity contribution is 6.31. The molecule has 0 saturated carbocycles. The van der Waals surface area contributed by atoms with Crippen molar-refractivity contribution < 1.29 is 23.4 Å². The average Bonchev–Trinajstić information content (AvgIpc) is 2.63. The summed E-state index contributed by atoms with van der Waals surface area (Å²) in [7, 11) is 0. The zero-order valence-electron chi connectivity index (χ0n) is 13.7. The largest absolute Gasteiger partial charge is 0.486 e. The molecule has 3 aromatic rings. The molecule has 0 bridgehead atoms. The lowest BCUT2D eigenvalue weighted by atomic mass is 10.1. The molecule has 1 aromatic heterocycles. The smallest absolute Gasteiger partial charge is 0.356 e. The number of aromatic nitrogens is 1. The van der Waals surface area contributed by atoms with E-state index in [2.05, 4.69) is 4.98 Å². The molecule has 0 aliphatic carbocycles. The highest BCUT2D eigenvalue weighted by Crippen LogP contribution is 2.32. The first-order valence-corrected chi connectivity index (χ1v) is 8.10. The highest BCUT2D eigenvalue weighted by Gasteiger charge is 2.20. The van der Waals surface area contributed by atoms with Crippen molar-refractivity contribution in [1.29, 1.82) is 0 Å². The molecule has 0 unspecified atom stereocenters. The number of benzene rings is 2. The fraction of sp³-hybridized carbons (Fsp3) is 0.0526. The van der Waals surface area contributed by atoms with E-state index in [1.54, 1.807) is 24.3 Å². The van der Waals surface area contributed by atoms with Crippen LogP contribution < -0.4 is 10.5 Å². The molecular formula is C19H13ClF2N2O3. The van der Waals surface area contributed by atoms with Gasteiger partial charge in [-0.3, -0.25) is 0 Å². The number of hydrogen-bond donors (Lipinski definition) is 2. The lowest BCUT2D eigenvalue weighted by Gasteiger charge is -2.12. The van der Waals surface area contributed by atoms with Gasteiger partial charge in [0.2, 0.25) is 0 Å². The first-order valence-electron chi connectivity index (χ1n) is 7.73. The fourth-order valence-corrected chi connectivity index (χ4v) is 2.62. The molecule has 0 aliphatic rings. The van der Waals surface area contributed by atoms with Crippen molar-refractivity contribution in [3.63, 3.8) is 0 Å². The van der Waals surface area contributed by atoms with Crippen LogP contribution in [0.4, 0.5) is 14.5 Å². The number of carbonyl (C=O) groups is 1. The second kappa shape index (κ2) is 7.59. The van der Waals surface area contributed by atoms with E-state index in [1.807, 2.05) is 0 Å². The Balaban J connectivity index is 1.98. The van der Waals surface area contributed by atoms with E-state index in [9.17, 15) is 13.6 Å². The topological polar surface area (TPSA) is 85.4 Å². The number of nitrogens with two attached hydrogens (primary N) is 1. The zero-order valence-corrected chi connectivity index (χ0v) is 14.5. The van der Waals surface area contributed by atoms with Crippen LogP contribution in [-0.2, 0) is 6.61 Å². The molecule has 0 radical (unpaired) electrons. The number of carboxylic acid groups (broad SMARTS) is 1. The summed E-state index contributed by atoms with van der Waals surface area (Å²) in [5.41, 5.74) is 4.84.